The number of aliphatic hydroxyl groups is 1. The molecular weight excluding hydrogens is 573 g/mol. The predicted octanol–water partition coefficient (Wildman–Crippen LogP) is 3.64. The molecule has 1 aliphatic rings. The number of halogens is 1. The third kappa shape index (κ3) is 9.34. The van der Waals surface area contributed by atoms with Gasteiger partial charge in [0.2, 0.25) is 10.0 Å². The zero-order valence-electron chi connectivity index (χ0n) is 25.1. The number of nitrogens with zero attached hydrogens (tertiary/aromatic N) is 1. The number of anilines is 1. The average molecular weight is 614 g/mol. The van der Waals surface area contributed by atoms with Crippen LogP contribution in [-0.4, -0.2) is 76.7 Å². The maximum absolute atomic E-state index is 13.6. The molecule has 2 unspecified atom stereocenters. The fourth-order valence-corrected chi connectivity index (χ4v) is 5.06. The molecule has 3 rings (SSSR count). The van der Waals surface area contributed by atoms with E-state index in [1.54, 1.807) is 32.2 Å². The van der Waals surface area contributed by atoms with E-state index >= 15 is 0 Å². The highest BCUT2D eigenvalue weighted by Gasteiger charge is 2.31. The van der Waals surface area contributed by atoms with Gasteiger partial charge in [0, 0.05) is 18.7 Å². The number of rotatable bonds is 12. The Balaban J connectivity index is 1.87. The highest BCUT2D eigenvalue weighted by molar-refractivity contribution is 7.92. The van der Waals surface area contributed by atoms with E-state index in [9.17, 15) is 27.5 Å². The highest BCUT2D eigenvalue weighted by atomic mass is 32.2. The number of hydrogen-bond donors (Lipinski definition) is 3. The van der Waals surface area contributed by atoms with Crippen LogP contribution in [-0.2, 0) is 21.2 Å². The second kappa shape index (κ2) is 14.6. The summed E-state index contributed by atoms with van der Waals surface area (Å²) in [5, 5.41) is 16.2. The van der Waals surface area contributed by atoms with Gasteiger partial charge in [-0.15, -0.1) is 0 Å². The molecule has 11 heteroatoms. The van der Waals surface area contributed by atoms with E-state index in [-0.39, 0.29) is 30.0 Å². The van der Waals surface area contributed by atoms with E-state index in [2.05, 4.69) is 10.6 Å². The first-order valence-corrected chi connectivity index (χ1v) is 15.7. The van der Waals surface area contributed by atoms with E-state index in [1.807, 2.05) is 31.2 Å². The van der Waals surface area contributed by atoms with Crippen LogP contribution in [0, 0.1) is 6.92 Å². The number of alkyl halides is 1. The topological polar surface area (TPSA) is 125 Å². The van der Waals surface area contributed by atoms with Gasteiger partial charge in [-0.1, -0.05) is 54.1 Å². The van der Waals surface area contributed by atoms with Gasteiger partial charge in [0.15, 0.2) is 0 Å². The first kappa shape index (κ1) is 33.7. The van der Waals surface area contributed by atoms with Crippen molar-refractivity contribution in [1.29, 1.82) is 0 Å². The molecule has 0 fully saturated rings. The van der Waals surface area contributed by atoms with Crippen molar-refractivity contribution in [3.8, 4) is 0 Å². The monoisotopic (exact) mass is 613 g/mol. The summed E-state index contributed by atoms with van der Waals surface area (Å²) < 4.78 is 44.8. The highest BCUT2D eigenvalue weighted by Crippen LogP contribution is 2.23. The molecule has 0 saturated heterocycles. The van der Waals surface area contributed by atoms with Crippen LogP contribution in [0.4, 0.5) is 10.1 Å². The lowest BCUT2D eigenvalue weighted by Crippen LogP contribution is -2.52. The molecule has 3 atom stereocenters. The van der Waals surface area contributed by atoms with Crippen molar-refractivity contribution in [2.75, 3.05) is 37.9 Å². The van der Waals surface area contributed by atoms with Crippen molar-refractivity contribution in [2.45, 2.75) is 44.4 Å². The number of amides is 1. The molecule has 232 valence electrons. The molecule has 0 spiro atoms. The average Bonchev–Trinajstić information content (AvgIpc) is 2.95. The van der Waals surface area contributed by atoms with E-state index in [0.717, 1.165) is 27.3 Å². The van der Waals surface area contributed by atoms with Crippen LogP contribution in [0.5, 0.6) is 0 Å². The van der Waals surface area contributed by atoms with Gasteiger partial charge in [0.25, 0.3) is 5.91 Å². The number of aliphatic hydroxyl groups excluding tert-OH is 1. The molecule has 3 N–H and O–H groups in total. The normalized spacial score (nSPS) is 19.1. The van der Waals surface area contributed by atoms with E-state index in [1.165, 1.54) is 37.4 Å². The largest absolute Gasteiger partial charge is 0.460 e. The van der Waals surface area contributed by atoms with Gasteiger partial charge in [-0.2, -0.15) is 0 Å². The quantitative estimate of drug-likeness (QED) is 0.247. The summed E-state index contributed by atoms with van der Waals surface area (Å²) in [5.74, 6) is -1.33. The number of nitrogens with one attached hydrogen (secondary N) is 2. The molecule has 0 aliphatic heterocycles. The molecule has 2 aromatic carbocycles. The molecule has 0 saturated carbocycles. The minimum Gasteiger partial charge on any atom is -0.460 e. The van der Waals surface area contributed by atoms with E-state index in [0.29, 0.717) is 12.8 Å². The van der Waals surface area contributed by atoms with Gasteiger partial charge in [-0.25, -0.2) is 17.6 Å². The third-order valence-electron chi connectivity index (χ3n) is 7.40. The molecule has 43 heavy (non-hydrogen) atoms. The Morgan fingerprint density at radius 1 is 1.19 bits per heavy atom. The summed E-state index contributed by atoms with van der Waals surface area (Å²) in [4.78, 5) is 26.7. The second-order valence-corrected chi connectivity index (χ2v) is 12.8. The minimum absolute atomic E-state index is 0.0330. The Bertz CT molecular complexity index is 1510. The van der Waals surface area contributed by atoms with Crippen LogP contribution in [0.3, 0.4) is 0 Å². The van der Waals surface area contributed by atoms with Crippen LogP contribution in [0.25, 0.3) is 0 Å². The number of allylic oxidation sites excluding steroid dienone is 5. The number of sulfonamides is 1. The number of likely N-dealkylation sites (N-methyl/N-ethyl adjacent to an activating group) is 1. The Hall–Kier alpha value is -3.80. The number of hydrogen-bond acceptors (Lipinski definition) is 7. The molecule has 0 radical (unpaired) electrons. The summed E-state index contributed by atoms with van der Waals surface area (Å²) in [6, 6.07) is 11.4. The van der Waals surface area contributed by atoms with Crippen molar-refractivity contribution in [3.63, 3.8) is 0 Å². The van der Waals surface area contributed by atoms with E-state index < -0.39 is 39.7 Å². The minimum atomic E-state index is -3.72. The van der Waals surface area contributed by atoms with Crippen LogP contribution < -0.4 is 14.9 Å². The third-order valence-corrected chi connectivity index (χ3v) is 8.60. The van der Waals surface area contributed by atoms with E-state index in [4.69, 9.17) is 4.74 Å². The van der Waals surface area contributed by atoms with Gasteiger partial charge in [0.05, 0.1) is 29.7 Å². The molecule has 0 bridgehead atoms. The number of carbonyl (C=O) groups excluding carboxylic acids is 2. The maximum Gasteiger partial charge on any atom is 0.338 e. The van der Waals surface area contributed by atoms with Gasteiger partial charge in [0.1, 0.15) is 12.8 Å². The Morgan fingerprint density at radius 3 is 2.56 bits per heavy atom. The Kier molecular flexibility index (Phi) is 11.4. The number of carbonyl (C=O) groups is 2. The zero-order valence-corrected chi connectivity index (χ0v) is 25.9. The summed E-state index contributed by atoms with van der Waals surface area (Å²) in [5.41, 5.74) is 1.97. The molecule has 9 nitrogen and oxygen atoms in total. The molecule has 0 heterocycles. The Labute approximate surface area is 253 Å². The second-order valence-electron chi connectivity index (χ2n) is 10.8. The van der Waals surface area contributed by atoms with Crippen LogP contribution in [0.2, 0.25) is 0 Å². The lowest BCUT2D eigenvalue weighted by molar-refractivity contribution is 0.0271. The fraction of sp³-hybridized carbons (Fsp3) is 0.375. The summed E-state index contributed by atoms with van der Waals surface area (Å²) >= 11 is 0. The number of benzene rings is 2. The summed E-state index contributed by atoms with van der Waals surface area (Å²) in [6.45, 7) is 3.23. The Morgan fingerprint density at radius 2 is 1.91 bits per heavy atom. The van der Waals surface area contributed by atoms with Crippen LogP contribution in [0.15, 0.2) is 78.4 Å². The predicted molar refractivity (Wildman–Crippen MR) is 167 cm³/mol. The summed E-state index contributed by atoms with van der Waals surface area (Å²) in [7, 11) is -0.739. The molecule has 1 aliphatic carbocycles. The van der Waals surface area contributed by atoms with Crippen LogP contribution in [0.1, 0.15) is 45.2 Å². The van der Waals surface area contributed by atoms with Crippen molar-refractivity contribution < 1.29 is 32.2 Å². The number of esters is 1. The lowest BCUT2D eigenvalue weighted by Gasteiger charge is -2.31. The first-order valence-electron chi connectivity index (χ1n) is 13.9. The van der Waals surface area contributed by atoms with Gasteiger partial charge in [-0.05, 0) is 69.1 Å². The molecule has 1 amide bonds. The standard InChI is InChI=1S/C32H40FN3O6S/c1-22-9-6-10-24(15-22)19-32(20-37,34-3)21-42-31(39)27-16-26(17-29(18-27)36(4)43(5,40)41)30(38)35-23(2)25-11-7-13-28(33)14-8-12-25/h6-11,13-18,23,28,34,37H,12,19-21H2,1-5H3,(H,35,38)/b13-7?,14-8-,25-11+/t23-,28?,32?/m1/s1. The lowest BCUT2D eigenvalue weighted by atomic mass is 9.91. The maximum atomic E-state index is 13.6. The molecular formula is C32H40FN3O6S. The van der Waals surface area contributed by atoms with Crippen molar-refractivity contribution >= 4 is 27.6 Å². The van der Waals surface area contributed by atoms with Gasteiger partial charge in [-0.3, -0.25) is 9.10 Å². The molecule has 0 aromatic heterocycles. The molecule has 2 aromatic rings. The van der Waals surface area contributed by atoms with Crippen LogP contribution >= 0.6 is 0 Å². The smallest absolute Gasteiger partial charge is 0.338 e. The number of ether oxygens (including phenoxy) is 1. The fourth-order valence-electron chi connectivity index (χ4n) is 4.57. The number of aryl methyl sites for hydroxylation is 1. The van der Waals surface area contributed by atoms with Crippen molar-refractivity contribution in [3.05, 3.63) is 101 Å². The SMILES string of the molecule is CNC(CO)(COC(=O)c1cc(C(=O)N[C@H](C)/C2=C/C=CC(F)/C=C\C2)cc(N(C)S(C)(=O)=O)c1)Cc1cccc(C)c1. The van der Waals surface area contributed by atoms with Gasteiger partial charge >= 0.3 is 5.97 Å². The first-order chi connectivity index (χ1) is 20.3. The van der Waals surface area contributed by atoms with Crippen molar-refractivity contribution in [1.82, 2.24) is 10.6 Å². The zero-order chi connectivity index (χ0) is 31.8. The van der Waals surface area contributed by atoms with Crippen molar-refractivity contribution in [2.24, 2.45) is 0 Å². The van der Waals surface area contributed by atoms with Gasteiger partial charge < -0.3 is 20.5 Å². The summed E-state index contributed by atoms with van der Waals surface area (Å²) in [6.07, 6.45) is 8.50.